The zero-order valence-electron chi connectivity index (χ0n) is 8.02. The van der Waals surface area contributed by atoms with Gasteiger partial charge in [-0.2, -0.15) is 9.61 Å². The highest BCUT2D eigenvalue weighted by Gasteiger charge is 2.11. The number of carbonyl (C=O) groups excluding carboxylic acids is 1. The highest BCUT2D eigenvalue weighted by atomic mass is 16.3. The summed E-state index contributed by atoms with van der Waals surface area (Å²) in [5, 5.41) is 13.3. The minimum atomic E-state index is -0.435. The van der Waals surface area contributed by atoms with Crippen LogP contribution in [-0.4, -0.2) is 25.5 Å². The molecule has 0 atom stereocenters. The molecule has 0 aromatic carbocycles. The van der Waals surface area contributed by atoms with Gasteiger partial charge in [0.1, 0.15) is 11.3 Å². The third kappa shape index (κ3) is 1.50. The van der Waals surface area contributed by atoms with Crippen LogP contribution in [0, 0.1) is 0 Å². The molecule has 0 radical (unpaired) electrons. The summed E-state index contributed by atoms with van der Waals surface area (Å²) < 4.78 is 1.12. The van der Waals surface area contributed by atoms with Crippen LogP contribution in [0.15, 0.2) is 16.9 Å². The maximum atomic E-state index is 11.3. The highest BCUT2D eigenvalue weighted by Crippen LogP contribution is 2.10. The van der Waals surface area contributed by atoms with Crippen molar-refractivity contribution in [2.24, 2.45) is 0 Å². The second-order valence-corrected chi connectivity index (χ2v) is 3.10. The largest absolute Gasteiger partial charge is 0.493 e. The zero-order valence-corrected chi connectivity index (χ0v) is 8.02. The van der Waals surface area contributed by atoms with Gasteiger partial charge in [-0.3, -0.25) is 9.59 Å². The Morgan fingerprint density at radius 2 is 2.33 bits per heavy atom. The zero-order chi connectivity index (χ0) is 11.0. The predicted octanol–water partition coefficient (Wildman–Crippen LogP) is 0.321. The van der Waals surface area contributed by atoms with Crippen molar-refractivity contribution in [3.8, 4) is 5.88 Å². The molecule has 0 spiro atoms. The summed E-state index contributed by atoms with van der Waals surface area (Å²) in [6, 6.07) is 2.44. The molecule has 0 unspecified atom stereocenters. The lowest BCUT2D eigenvalue weighted by atomic mass is 10.2. The first kappa shape index (κ1) is 9.45. The molecule has 78 valence electrons. The Balaban J connectivity index is 2.70. The SMILES string of the molecule is CCC(=O)c1cc2[nH]c(=O)cc(O)n2n1. The van der Waals surface area contributed by atoms with Crippen molar-refractivity contribution in [2.45, 2.75) is 13.3 Å². The van der Waals surface area contributed by atoms with Gasteiger partial charge in [-0.1, -0.05) is 6.92 Å². The number of Topliss-reactive ketones (excluding diaryl/α,β-unsaturated/α-hetero) is 1. The molecule has 0 aliphatic heterocycles. The van der Waals surface area contributed by atoms with Crippen LogP contribution in [0.5, 0.6) is 5.88 Å². The van der Waals surface area contributed by atoms with Crippen molar-refractivity contribution >= 4 is 11.4 Å². The number of aromatic nitrogens is 3. The molecule has 15 heavy (non-hydrogen) atoms. The second kappa shape index (κ2) is 3.23. The molecule has 2 N–H and O–H groups in total. The van der Waals surface area contributed by atoms with E-state index in [1.807, 2.05) is 0 Å². The topological polar surface area (TPSA) is 87.5 Å². The van der Waals surface area contributed by atoms with Gasteiger partial charge < -0.3 is 10.1 Å². The molecule has 0 saturated heterocycles. The summed E-state index contributed by atoms with van der Waals surface area (Å²) in [6.45, 7) is 1.72. The molecule has 0 saturated carbocycles. The molecule has 2 aromatic rings. The van der Waals surface area contributed by atoms with Crippen LogP contribution in [-0.2, 0) is 0 Å². The summed E-state index contributed by atoms with van der Waals surface area (Å²) in [6.07, 6.45) is 0.328. The fraction of sp³-hybridized carbons (Fsp3) is 0.222. The Morgan fingerprint density at radius 3 is 3.00 bits per heavy atom. The predicted molar refractivity (Wildman–Crippen MR) is 52.1 cm³/mol. The quantitative estimate of drug-likeness (QED) is 0.694. The maximum absolute atomic E-state index is 11.3. The van der Waals surface area contributed by atoms with Gasteiger partial charge in [-0.25, -0.2) is 0 Å². The molecule has 0 amide bonds. The maximum Gasteiger partial charge on any atom is 0.254 e. The van der Waals surface area contributed by atoms with Gasteiger partial charge in [-0.15, -0.1) is 0 Å². The number of H-pyrrole nitrogens is 1. The first-order valence-corrected chi connectivity index (χ1v) is 4.47. The lowest BCUT2D eigenvalue weighted by molar-refractivity contribution is 0.0983. The summed E-state index contributed by atoms with van der Waals surface area (Å²) in [5.41, 5.74) is 0.0989. The van der Waals surface area contributed by atoms with Gasteiger partial charge >= 0.3 is 0 Å². The molecular weight excluding hydrogens is 198 g/mol. The number of aromatic hydroxyl groups is 1. The van der Waals surface area contributed by atoms with E-state index in [1.165, 1.54) is 6.07 Å². The Bertz CT molecular complexity index is 582. The number of hydrogen-bond acceptors (Lipinski definition) is 4. The van der Waals surface area contributed by atoms with Gasteiger partial charge in [0.2, 0.25) is 5.88 Å². The first-order chi connectivity index (χ1) is 7.11. The molecule has 6 nitrogen and oxygen atoms in total. The molecule has 0 aliphatic rings. The van der Waals surface area contributed by atoms with Gasteiger partial charge in [0.15, 0.2) is 5.78 Å². The average molecular weight is 207 g/mol. The molecule has 2 heterocycles. The summed E-state index contributed by atoms with van der Waals surface area (Å²) in [7, 11) is 0. The third-order valence-electron chi connectivity index (χ3n) is 2.04. The van der Waals surface area contributed by atoms with Gasteiger partial charge in [0.05, 0.1) is 6.07 Å². The van der Waals surface area contributed by atoms with Crippen molar-refractivity contribution in [2.75, 3.05) is 0 Å². The Hall–Kier alpha value is -2.11. The normalized spacial score (nSPS) is 10.7. The monoisotopic (exact) mass is 207 g/mol. The van der Waals surface area contributed by atoms with Gasteiger partial charge in [-0.05, 0) is 0 Å². The fourth-order valence-electron chi connectivity index (χ4n) is 1.30. The van der Waals surface area contributed by atoms with Crippen molar-refractivity contribution < 1.29 is 9.90 Å². The van der Waals surface area contributed by atoms with Crippen LogP contribution in [0.2, 0.25) is 0 Å². The molecule has 0 aliphatic carbocycles. The Kier molecular flexibility index (Phi) is 2.03. The lowest BCUT2D eigenvalue weighted by Crippen LogP contribution is -2.06. The van der Waals surface area contributed by atoms with E-state index in [0.717, 1.165) is 10.6 Å². The average Bonchev–Trinajstić information content (AvgIpc) is 2.60. The van der Waals surface area contributed by atoms with E-state index < -0.39 is 5.56 Å². The van der Waals surface area contributed by atoms with Crippen molar-refractivity contribution in [3.63, 3.8) is 0 Å². The van der Waals surface area contributed by atoms with E-state index >= 15 is 0 Å². The lowest BCUT2D eigenvalue weighted by Gasteiger charge is -1.94. The molecule has 2 aromatic heterocycles. The van der Waals surface area contributed by atoms with Crippen molar-refractivity contribution in [3.05, 3.63) is 28.2 Å². The number of ketones is 1. The molecule has 0 fully saturated rings. The van der Waals surface area contributed by atoms with E-state index in [4.69, 9.17) is 0 Å². The number of fused-ring (bicyclic) bond motifs is 1. The van der Waals surface area contributed by atoms with E-state index in [-0.39, 0.29) is 17.4 Å². The van der Waals surface area contributed by atoms with Crippen molar-refractivity contribution in [1.82, 2.24) is 14.6 Å². The first-order valence-electron chi connectivity index (χ1n) is 4.47. The molecule has 0 bridgehead atoms. The molecule has 6 heteroatoms. The van der Waals surface area contributed by atoms with Crippen LogP contribution >= 0.6 is 0 Å². The minimum absolute atomic E-state index is 0.140. The molecular formula is C9H9N3O3. The fourth-order valence-corrected chi connectivity index (χ4v) is 1.30. The number of carbonyl (C=O) groups is 1. The van der Waals surface area contributed by atoms with Crippen LogP contribution in [0.25, 0.3) is 5.65 Å². The van der Waals surface area contributed by atoms with Crippen molar-refractivity contribution in [1.29, 1.82) is 0 Å². The van der Waals surface area contributed by atoms with E-state index in [1.54, 1.807) is 6.92 Å². The summed E-state index contributed by atoms with van der Waals surface area (Å²) in [4.78, 5) is 24.8. The standard InChI is InChI=1S/C9H9N3O3/c1-2-6(13)5-3-7-10-8(14)4-9(15)12(7)11-5/h3-4,15H,2H2,1H3,(H,10,14). The van der Waals surface area contributed by atoms with Gasteiger partial charge in [0.25, 0.3) is 5.56 Å². The smallest absolute Gasteiger partial charge is 0.254 e. The van der Waals surface area contributed by atoms with Crippen LogP contribution in [0.3, 0.4) is 0 Å². The van der Waals surface area contributed by atoms with Gasteiger partial charge in [0, 0.05) is 12.5 Å². The summed E-state index contributed by atoms with van der Waals surface area (Å²) in [5.74, 6) is -0.428. The second-order valence-electron chi connectivity index (χ2n) is 3.10. The number of rotatable bonds is 2. The van der Waals surface area contributed by atoms with E-state index in [2.05, 4.69) is 10.1 Å². The Labute approximate surface area is 84.2 Å². The highest BCUT2D eigenvalue weighted by molar-refractivity contribution is 5.94. The van der Waals surface area contributed by atoms with E-state index in [0.29, 0.717) is 12.1 Å². The summed E-state index contributed by atoms with van der Waals surface area (Å²) >= 11 is 0. The number of hydrogen-bond donors (Lipinski definition) is 2. The third-order valence-corrected chi connectivity index (χ3v) is 2.04. The number of nitrogens with one attached hydrogen (secondary N) is 1. The van der Waals surface area contributed by atoms with Crippen LogP contribution in [0.4, 0.5) is 0 Å². The number of nitrogens with zero attached hydrogens (tertiary/aromatic N) is 2. The van der Waals surface area contributed by atoms with Crippen LogP contribution < -0.4 is 5.56 Å². The molecule has 2 rings (SSSR count). The Morgan fingerprint density at radius 1 is 1.60 bits per heavy atom. The minimum Gasteiger partial charge on any atom is -0.493 e. The van der Waals surface area contributed by atoms with E-state index in [9.17, 15) is 14.7 Å². The van der Waals surface area contributed by atoms with Crippen LogP contribution in [0.1, 0.15) is 23.8 Å². The number of aromatic amines is 1.